The minimum atomic E-state index is -1.35. The van der Waals surface area contributed by atoms with Crippen molar-refractivity contribution in [3.05, 3.63) is 118 Å². The molecule has 300 valence electrons. The van der Waals surface area contributed by atoms with E-state index in [-0.39, 0.29) is 93.0 Å². The molecule has 0 aliphatic rings. The van der Waals surface area contributed by atoms with Crippen molar-refractivity contribution in [1.29, 1.82) is 0 Å². The first-order valence-electron chi connectivity index (χ1n) is 17.1. The van der Waals surface area contributed by atoms with Crippen LogP contribution < -0.4 is 21.3 Å². The summed E-state index contributed by atoms with van der Waals surface area (Å²) in [6.45, 7) is 8.45. The van der Waals surface area contributed by atoms with Crippen LogP contribution in [0.25, 0.3) is 11.1 Å². The maximum atomic E-state index is 13.2. The molecule has 0 bridgehead atoms. The zero-order valence-corrected chi connectivity index (χ0v) is 38.0. The molecule has 0 aromatic heterocycles. The van der Waals surface area contributed by atoms with Gasteiger partial charge in [-0.15, -0.1) is 20.5 Å². The van der Waals surface area contributed by atoms with Crippen molar-refractivity contribution in [3.63, 3.8) is 0 Å². The fourth-order valence-corrected chi connectivity index (χ4v) is 5.25. The minimum Gasteiger partial charge on any atom is -0.510 e. The van der Waals surface area contributed by atoms with Gasteiger partial charge >= 0.3 is 11.9 Å². The Kier molecular flexibility index (Phi) is 18.7. The van der Waals surface area contributed by atoms with Gasteiger partial charge in [0.2, 0.25) is 11.8 Å². The zero-order valence-electron chi connectivity index (χ0n) is 34.0. The van der Waals surface area contributed by atoms with Crippen LogP contribution in [-0.4, -0.2) is 115 Å². The number of carbonyl (C=O) groups excluding carboxylic acids is 4. The Morgan fingerprint density at radius 3 is 1.12 bits per heavy atom. The third-order valence-electron chi connectivity index (χ3n) is 8.01. The summed E-state index contributed by atoms with van der Waals surface area (Å²) in [7, 11) is 0. The number of aliphatic hydroxyl groups excluding tert-OH is 2. The zero-order chi connectivity index (χ0) is 42.8. The predicted octanol–water partition coefficient (Wildman–Crippen LogP) is 7.55. The number of anilines is 4. The summed E-state index contributed by atoms with van der Waals surface area (Å²) in [4.78, 5) is 72.7. The first-order valence-corrected chi connectivity index (χ1v) is 17.1. The third kappa shape index (κ3) is 13.5. The fourth-order valence-electron chi connectivity index (χ4n) is 5.25. The van der Waals surface area contributed by atoms with Gasteiger partial charge in [-0.1, -0.05) is 12.1 Å². The van der Waals surface area contributed by atoms with Gasteiger partial charge < -0.3 is 41.7 Å². The second-order valence-corrected chi connectivity index (χ2v) is 12.7. The summed E-state index contributed by atoms with van der Waals surface area (Å²) in [5.41, 5.74) is 2.14. The fraction of sp³-hybridized carbons (Fsp3) is 0.150. The molecule has 20 heteroatoms. The summed E-state index contributed by atoms with van der Waals surface area (Å²) in [6.07, 6.45) is 0. The number of carboxylic acid groups (broad SMARTS) is 2. The van der Waals surface area contributed by atoms with E-state index in [2.05, 4.69) is 41.7 Å². The largest absolute Gasteiger partial charge is 0.510 e. The van der Waals surface area contributed by atoms with Gasteiger partial charge in [0.15, 0.2) is 11.4 Å². The van der Waals surface area contributed by atoms with Gasteiger partial charge in [0.1, 0.15) is 22.9 Å². The van der Waals surface area contributed by atoms with Crippen molar-refractivity contribution in [2.75, 3.05) is 21.3 Å². The molecule has 18 nitrogen and oxygen atoms in total. The molecule has 0 spiro atoms. The van der Waals surface area contributed by atoms with Gasteiger partial charge in [0.25, 0.3) is 11.8 Å². The molecule has 0 unspecified atom stereocenters. The van der Waals surface area contributed by atoms with Crippen molar-refractivity contribution < 1.29 is 49.2 Å². The number of aliphatic hydroxyl groups is 2. The van der Waals surface area contributed by atoms with Gasteiger partial charge in [-0.05, 0) is 111 Å². The number of nitrogens with zero attached hydrogens (tertiary/aromatic N) is 4. The number of rotatable bonds is 13. The maximum absolute atomic E-state index is 13.2. The molecule has 0 atom stereocenters. The number of azo groups is 2. The van der Waals surface area contributed by atoms with Gasteiger partial charge in [0, 0.05) is 95.7 Å². The van der Waals surface area contributed by atoms with Crippen LogP contribution in [0.1, 0.15) is 59.5 Å². The molecule has 8 N–H and O–H groups in total. The number of benzene rings is 4. The average Bonchev–Trinajstić information content (AvgIpc) is 3.13. The minimum absolute atomic E-state index is 0. The second-order valence-electron chi connectivity index (χ2n) is 12.7. The molecule has 0 saturated heterocycles. The monoisotopic (exact) mass is 836 g/mol. The smallest absolute Gasteiger partial charge is 0.338 e. The van der Waals surface area contributed by atoms with Crippen LogP contribution in [0, 0.1) is 13.8 Å². The Morgan fingerprint density at radius 2 is 0.833 bits per heavy atom. The van der Waals surface area contributed by atoms with E-state index in [1.165, 1.54) is 64.1 Å². The van der Waals surface area contributed by atoms with E-state index < -0.39 is 58.5 Å². The van der Waals surface area contributed by atoms with E-state index in [1.54, 1.807) is 50.2 Å². The van der Waals surface area contributed by atoms with E-state index in [1.807, 2.05) is 0 Å². The van der Waals surface area contributed by atoms with Crippen LogP contribution in [0.5, 0.6) is 0 Å². The molecule has 0 fully saturated rings. The SMILES string of the molecule is CC(=O)Nc1ccc(N=NC(C(=O)Nc2ccc(-c3ccc(NC(=O)C(N=Nc4ccc(NC(C)=O)cc4C(=O)O)=C(C)O)c(C)c3)cc2C)=C(C)O)c(C(=O)O)c1.[Na].[Na]. The number of amides is 4. The molecule has 4 rings (SSSR count). The maximum Gasteiger partial charge on any atom is 0.338 e. The van der Waals surface area contributed by atoms with Crippen LogP contribution in [0.2, 0.25) is 0 Å². The molecule has 4 amide bonds. The number of aromatic carboxylic acids is 2. The first-order chi connectivity index (χ1) is 27.3. The summed E-state index contributed by atoms with van der Waals surface area (Å²) in [5.74, 6) is -6.13. The number of hydrogen-bond donors (Lipinski definition) is 8. The molecule has 0 aliphatic carbocycles. The summed E-state index contributed by atoms with van der Waals surface area (Å²) in [6, 6.07) is 18.1. The van der Waals surface area contributed by atoms with Gasteiger partial charge in [-0.2, -0.15) is 0 Å². The van der Waals surface area contributed by atoms with Gasteiger partial charge in [-0.25, -0.2) is 9.59 Å². The Bertz CT molecular complexity index is 2320. The van der Waals surface area contributed by atoms with E-state index in [0.717, 1.165) is 11.1 Å². The van der Waals surface area contributed by atoms with Crippen molar-refractivity contribution in [3.8, 4) is 11.1 Å². The van der Waals surface area contributed by atoms with E-state index in [9.17, 15) is 49.2 Å². The molecule has 0 aliphatic heterocycles. The van der Waals surface area contributed by atoms with E-state index >= 15 is 0 Å². The standard InChI is InChI=1S/C40H38N8O10.2Na/c1-19-15-25(7-11-31(19)43-37(53)35(21(3)49)47-45-33-13-9-27(41-23(5)51)17-29(33)39(55)56)26-8-12-32(20(2)16-26)44-38(54)36(22(4)50)48-46-34-14-10-28(42-24(6)52)18-30(34)40(57)58;;/h7-18,49-50H,1-6H3,(H,41,51)(H,42,52)(H,43,53)(H,44,54)(H,55,56)(H,57,58);;. The molecule has 60 heavy (non-hydrogen) atoms. The van der Waals surface area contributed by atoms with Crippen LogP contribution >= 0.6 is 0 Å². The van der Waals surface area contributed by atoms with Gasteiger partial charge in [-0.3, -0.25) is 19.2 Å². The van der Waals surface area contributed by atoms with Crippen molar-refractivity contribution in [1.82, 2.24) is 0 Å². The molecule has 4 aromatic rings. The van der Waals surface area contributed by atoms with Crippen LogP contribution in [0.4, 0.5) is 34.1 Å². The number of aryl methyl sites for hydroxylation is 2. The number of carboxylic acids is 2. The molecule has 2 radical (unpaired) electrons. The molecule has 4 aromatic carbocycles. The van der Waals surface area contributed by atoms with Crippen molar-refractivity contribution >= 4 is 129 Å². The predicted molar refractivity (Wildman–Crippen MR) is 225 cm³/mol. The average molecular weight is 837 g/mol. The normalized spacial score (nSPS) is 11.6. The van der Waals surface area contributed by atoms with E-state index in [4.69, 9.17) is 0 Å². The number of hydrogen-bond acceptors (Lipinski definition) is 12. The first kappa shape index (κ1) is 50.1. The molecule has 0 heterocycles. The summed E-state index contributed by atoms with van der Waals surface area (Å²) in [5, 5.41) is 65.4. The van der Waals surface area contributed by atoms with Crippen molar-refractivity contribution in [2.24, 2.45) is 20.5 Å². The van der Waals surface area contributed by atoms with Crippen LogP contribution in [-0.2, 0) is 19.2 Å². The third-order valence-corrected chi connectivity index (χ3v) is 8.01. The quantitative estimate of drug-likeness (QED) is 0.0283. The van der Waals surface area contributed by atoms with Crippen LogP contribution in [0.15, 0.2) is 116 Å². The number of carbonyl (C=O) groups is 6. The molecular weight excluding hydrogens is 798 g/mol. The molecular formula is C40H38N8Na2O10. The van der Waals surface area contributed by atoms with Crippen molar-refractivity contribution in [2.45, 2.75) is 41.5 Å². The summed E-state index contributed by atoms with van der Waals surface area (Å²) < 4.78 is 0. The number of allylic oxidation sites excluding steroid dienone is 2. The van der Waals surface area contributed by atoms with Crippen LogP contribution in [0.3, 0.4) is 0 Å². The van der Waals surface area contributed by atoms with E-state index in [0.29, 0.717) is 22.5 Å². The Labute approximate surface area is 387 Å². The Hall–Kier alpha value is -6.02. The molecule has 0 saturated carbocycles. The number of nitrogens with one attached hydrogen (secondary N) is 4. The Balaban J connectivity index is 0.00000620. The second kappa shape index (κ2) is 22.4. The summed E-state index contributed by atoms with van der Waals surface area (Å²) >= 11 is 0. The Morgan fingerprint density at radius 1 is 0.483 bits per heavy atom. The topological polar surface area (TPSA) is 281 Å². The van der Waals surface area contributed by atoms with Gasteiger partial charge in [0.05, 0.1) is 11.1 Å².